The Labute approximate surface area is 113 Å². The van der Waals surface area contributed by atoms with Gasteiger partial charge in [0.1, 0.15) is 0 Å². The van der Waals surface area contributed by atoms with Gasteiger partial charge in [0, 0.05) is 0 Å². The Kier molecular flexibility index (Phi) is 7.00. The Morgan fingerprint density at radius 1 is 1.27 bits per heavy atom. The number of piperidine rings is 1. The first-order chi connectivity index (χ1) is 4.70. The zero-order chi connectivity index (χ0) is 7.56. The topological polar surface area (TPSA) is 3.24 Å². The summed E-state index contributed by atoms with van der Waals surface area (Å²) in [5, 5.41) is 0. The van der Waals surface area contributed by atoms with E-state index in [0.29, 0.717) is 0 Å². The van der Waals surface area contributed by atoms with Gasteiger partial charge in [0.2, 0.25) is 0 Å². The van der Waals surface area contributed by atoms with Crippen molar-refractivity contribution in [2.75, 3.05) is 13.1 Å². The van der Waals surface area contributed by atoms with Crippen molar-refractivity contribution in [2.45, 2.75) is 26.7 Å². The minimum Gasteiger partial charge on any atom is -0.459 e. The van der Waals surface area contributed by atoms with Gasteiger partial charge in [-0.15, -0.1) is 0 Å². The van der Waals surface area contributed by atoms with Crippen LogP contribution in [0, 0.1) is 18.9 Å². The fourth-order valence-corrected chi connectivity index (χ4v) is 1.62. The molecular formula is C9H18KN. The number of hydrogen-bond donors (Lipinski definition) is 0. The summed E-state index contributed by atoms with van der Waals surface area (Å²) in [4.78, 5) is 2.18. The van der Waals surface area contributed by atoms with Crippen LogP contribution in [0.15, 0.2) is 0 Å². The number of nitrogens with zero attached hydrogens (tertiary/aromatic N) is 1. The molecule has 2 heteroatoms. The minimum absolute atomic E-state index is 0. The third-order valence-electron chi connectivity index (χ3n) is 2.58. The van der Waals surface area contributed by atoms with E-state index in [2.05, 4.69) is 25.8 Å². The van der Waals surface area contributed by atoms with E-state index in [1.54, 1.807) is 0 Å². The van der Waals surface area contributed by atoms with E-state index in [4.69, 9.17) is 0 Å². The van der Waals surface area contributed by atoms with Crippen LogP contribution in [0.1, 0.15) is 26.7 Å². The molecule has 0 aromatic rings. The second-order valence-corrected chi connectivity index (χ2v) is 3.70. The van der Waals surface area contributed by atoms with E-state index < -0.39 is 0 Å². The second-order valence-electron chi connectivity index (χ2n) is 3.70. The average Bonchev–Trinajstić information content (AvgIpc) is 1.88. The molecule has 0 aliphatic carbocycles. The molecule has 0 amide bonds. The fourth-order valence-electron chi connectivity index (χ4n) is 1.62. The number of likely N-dealkylation sites (tertiary alicyclic amines) is 1. The Hall–Kier alpha value is 1.60. The maximum atomic E-state index is 3.92. The van der Waals surface area contributed by atoms with E-state index in [9.17, 15) is 0 Å². The summed E-state index contributed by atoms with van der Waals surface area (Å²) in [7, 11) is 3.92. The van der Waals surface area contributed by atoms with Crippen LogP contribution in [-0.2, 0) is 0 Å². The monoisotopic (exact) mass is 179 g/mol. The predicted octanol–water partition coefficient (Wildman–Crippen LogP) is -0.850. The molecule has 1 rings (SSSR count). The smallest absolute Gasteiger partial charge is 0.459 e. The Bertz CT molecular complexity index is 95.7. The molecule has 0 unspecified atom stereocenters. The minimum atomic E-state index is 0. The van der Waals surface area contributed by atoms with E-state index in [1.165, 1.54) is 25.9 Å². The quantitative estimate of drug-likeness (QED) is 0.374. The standard InChI is InChI=1S/C9H18N.K/c1-8(2)9-4-6-10(3)7-5-9;/h8-9H,3-7H2,1-2H3;/q-1;+1. The summed E-state index contributed by atoms with van der Waals surface area (Å²) in [6, 6.07) is 0. The van der Waals surface area contributed by atoms with Crippen molar-refractivity contribution >= 4 is 0 Å². The van der Waals surface area contributed by atoms with Gasteiger partial charge in [-0.25, -0.2) is 0 Å². The van der Waals surface area contributed by atoms with E-state index >= 15 is 0 Å². The number of hydrogen-bond acceptors (Lipinski definition) is 1. The summed E-state index contributed by atoms with van der Waals surface area (Å²) < 4.78 is 0. The molecule has 0 spiro atoms. The molecule has 0 bridgehead atoms. The third kappa shape index (κ3) is 4.39. The first-order valence-electron chi connectivity index (χ1n) is 4.25. The summed E-state index contributed by atoms with van der Waals surface area (Å²) in [5.74, 6) is 1.83. The van der Waals surface area contributed by atoms with Crippen molar-refractivity contribution in [3.63, 3.8) is 0 Å². The molecular weight excluding hydrogens is 161 g/mol. The summed E-state index contributed by atoms with van der Waals surface area (Å²) in [5.41, 5.74) is 0. The van der Waals surface area contributed by atoms with Gasteiger partial charge in [-0.1, -0.05) is 13.8 Å². The van der Waals surface area contributed by atoms with Crippen LogP contribution in [0.4, 0.5) is 0 Å². The van der Waals surface area contributed by atoms with Crippen LogP contribution in [0.2, 0.25) is 0 Å². The van der Waals surface area contributed by atoms with Crippen LogP contribution in [0.3, 0.4) is 0 Å². The van der Waals surface area contributed by atoms with Crippen molar-refractivity contribution in [2.24, 2.45) is 11.8 Å². The fraction of sp³-hybridized carbons (Fsp3) is 0.889. The molecule has 1 heterocycles. The predicted molar refractivity (Wildman–Crippen MR) is 44.5 cm³/mol. The van der Waals surface area contributed by atoms with Gasteiger partial charge >= 0.3 is 51.4 Å². The number of rotatable bonds is 1. The SMILES string of the molecule is [CH2-]N1CCC(C(C)C)CC1.[K+]. The van der Waals surface area contributed by atoms with Crippen LogP contribution in [0.5, 0.6) is 0 Å². The van der Waals surface area contributed by atoms with Gasteiger partial charge in [-0.05, 0) is 37.8 Å². The maximum absolute atomic E-state index is 3.92. The van der Waals surface area contributed by atoms with Crippen molar-refractivity contribution in [3.05, 3.63) is 7.05 Å². The second kappa shape index (κ2) is 6.11. The summed E-state index contributed by atoms with van der Waals surface area (Å²) in [6.45, 7) is 7.04. The Morgan fingerprint density at radius 3 is 2.09 bits per heavy atom. The van der Waals surface area contributed by atoms with Gasteiger partial charge in [0.05, 0.1) is 0 Å². The molecule has 0 aromatic carbocycles. The summed E-state index contributed by atoms with van der Waals surface area (Å²) >= 11 is 0. The van der Waals surface area contributed by atoms with Crippen LogP contribution >= 0.6 is 0 Å². The van der Waals surface area contributed by atoms with Crippen molar-refractivity contribution in [3.8, 4) is 0 Å². The van der Waals surface area contributed by atoms with E-state index in [1.807, 2.05) is 0 Å². The largest absolute Gasteiger partial charge is 1.00 e. The van der Waals surface area contributed by atoms with Gasteiger partial charge in [0.25, 0.3) is 0 Å². The van der Waals surface area contributed by atoms with Crippen molar-refractivity contribution < 1.29 is 51.4 Å². The average molecular weight is 179 g/mol. The van der Waals surface area contributed by atoms with Gasteiger partial charge in [-0.3, -0.25) is 7.05 Å². The van der Waals surface area contributed by atoms with Crippen LogP contribution in [0.25, 0.3) is 0 Å². The van der Waals surface area contributed by atoms with Crippen LogP contribution < -0.4 is 51.4 Å². The third-order valence-corrected chi connectivity index (χ3v) is 2.58. The maximum Gasteiger partial charge on any atom is 1.00 e. The molecule has 0 N–H and O–H groups in total. The van der Waals surface area contributed by atoms with Gasteiger partial charge < -0.3 is 4.90 Å². The molecule has 0 aromatic heterocycles. The molecule has 0 atom stereocenters. The molecule has 0 radical (unpaired) electrons. The van der Waals surface area contributed by atoms with E-state index in [0.717, 1.165) is 11.8 Å². The zero-order valence-corrected chi connectivity index (χ0v) is 11.3. The Balaban J connectivity index is 0.000001000. The normalized spacial score (nSPS) is 21.8. The van der Waals surface area contributed by atoms with Gasteiger partial charge in [-0.2, -0.15) is 0 Å². The van der Waals surface area contributed by atoms with Crippen molar-refractivity contribution in [1.29, 1.82) is 0 Å². The van der Waals surface area contributed by atoms with Gasteiger partial charge in [0.15, 0.2) is 0 Å². The van der Waals surface area contributed by atoms with E-state index in [-0.39, 0.29) is 51.4 Å². The molecule has 1 fully saturated rings. The molecule has 0 saturated carbocycles. The molecule has 11 heavy (non-hydrogen) atoms. The molecule has 60 valence electrons. The first kappa shape index (κ1) is 12.6. The Morgan fingerprint density at radius 2 is 1.73 bits per heavy atom. The molecule has 1 aliphatic rings. The summed E-state index contributed by atoms with van der Waals surface area (Å²) in [6.07, 6.45) is 2.70. The zero-order valence-electron chi connectivity index (χ0n) is 8.14. The molecule has 1 saturated heterocycles. The first-order valence-corrected chi connectivity index (χ1v) is 4.25. The molecule has 1 nitrogen and oxygen atoms in total. The van der Waals surface area contributed by atoms with Crippen molar-refractivity contribution in [1.82, 2.24) is 4.90 Å². The molecule has 1 aliphatic heterocycles. The van der Waals surface area contributed by atoms with Crippen LogP contribution in [-0.4, -0.2) is 18.0 Å².